The maximum absolute atomic E-state index is 12.5. The van der Waals surface area contributed by atoms with E-state index in [4.69, 9.17) is 16.3 Å². The molecule has 3 rings (SSSR count). The van der Waals surface area contributed by atoms with Crippen LogP contribution >= 0.6 is 11.6 Å². The van der Waals surface area contributed by atoms with Gasteiger partial charge in [-0.15, -0.1) is 0 Å². The first-order valence-corrected chi connectivity index (χ1v) is 9.43. The SMILES string of the molecule is Cc1cc(Cl)ccc1NC(=O)C1CCN(C(=O)COc2ccccc2)CC1. The van der Waals surface area contributed by atoms with Gasteiger partial charge in [0.05, 0.1) is 0 Å². The molecule has 0 spiro atoms. The van der Waals surface area contributed by atoms with Gasteiger partial charge >= 0.3 is 0 Å². The number of aryl methyl sites for hydroxylation is 1. The summed E-state index contributed by atoms with van der Waals surface area (Å²) in [5, 5.41) is 3.62. The van der Waals surface area contributed by atoms with Crippen LogP contribution in [0.1, 0.15) is 18.4 Å². The molecular formula is C21H23ClN2O3. The fourth-order valence-electron chi connectivity index (χ4n) is 3.15. The van der Waals surface area contributed by atoms with Crippen molar-refractivity contribution in [1.29, 1.82) is 0 Å². The summed E-state index contributed by atoms with van der Waals surface area (Å²) in [5.41, 5.74) is 1.71. The molecular weight excluding hydrogens is 364 g/mol. The number of carbonyl (C=O) groups is 2. The summed E-state index contributed by atoms with van der Waals surface area (Å²) in [6.07, 6.45) is 1.30. The van der Waals surface area contributed by atoms with E-state index in [1.54, 1.807) is 11.0 Å². The van der Waals surface area contributed by atoms with Crippen LogP contribution in [0.15, 0.2) is 48.5 Å². The minimum absolute atomic E-state index is 0.00643. The summed E-state index contributed by atoms with van der Waals surface area (Å²) in [7, 11) is 0. The minimum atomic E-state index is -0.0980. The Labute approximate surface area is 164 Å². The number of likely N-dealkylation sites (tertiary alicyclic amines) is 1. The Balaban J connectivity index is 1.46. The van der Waals surface area contributed by atoms with Crippen molar-refractivity contribution in [3.05, 3.63) is 59.1 Å². The number of para-hydroxylation sites is 1. The highest BCUT2D eigenvalue weighted by Gasteiger charge is 2.27. The van der Waals surface area contributed by atoms with Crippen LogP contribution < -0.4 is 10.1 Å². The van der Waals surface area contributed by atoms with Gasteiger partial charge in [-0.3, -0.25) is 9.59 Å². The van der Waals surface area contributed by atoms with Gasteiger partial charge in [0.25, 0.3) is 5.91 Å². The topological polar surface area (TPSA) is 58.6 Å². The smallest absolute Gasteiger partial charge is 0.260 e. The summed E-state index contributed by atoms with van der Waals surface area (Å²) in [4.78, 5) is 26.6. The number of rotatable bonds is 5. The predicted octanol–water partition coefficient (Wildman–Crippen LogP) is 3.90. The Hall–Kier alpha value is -2.53. The highest BCUT2D eigenvalue weighted by molar-refractivity contribution is 6.30. The molecule has 6 heteroatoms. The Bertz CT molecular complexity index is 802. The zero-order valence-electron chi connectivity index (χ0n) is 15.3. The molecule has 0 bridgehead atoms. The number of hydrogen-bond acceptors (Lipinski definition) is 3. The number of hydrogen-bond donors (Lipinski definition) is 1. The molecule has 0 saturated carbocycles. The summed E-state index contributed by atoms with van der Waals surface area (Å²) in [6, 6.07) is 14.7. The number of amides is 2. The lowest BCUT2D eigenvalue weighted by atomic mass is 9.95. The second-order valence-corrected chi connectivity index (χ2v) is 7.14. The van der Waals surface area contributed by atoms with Gasteiger partial charge in [-0.25, -0.2) is 0 Å². The Morgan fingerprint density at radius 2 is 1.85 bits per heavy atom. The number of benzene rings is 2. The summed E-state index contributed by atoms with van der Waals surface area (Å²) in [6.45, 7) is 3.06. The van der Waals surface area contributed by atoms with Crippen molar-refractivity contribution in [3.8, 4) is 5.75 Å². The predicted molar refractivity (Wildman–Crippen MR) is 106 cm³/mol. The molecule has 0 atom stereocenters. The first-order valence-electron chi connectivity index (χ1n) is 9.05. The van der Waals surface area contributed by atoms with E-state index in [9.17, 15) is 9.59 Å². The molecule has 0 unspecified atom stereocenters. The normalized spacial score (nSPS) is 14.7. The number of nitrogens with one attached hydrogen (secondary N) is 1. The molecule has 1 aliphatic rings. The Morgan fingerprint density at radius 1 is 1.15 bits per heavy atom. The van der Waals surface area contributed by atoms with Crippen molar-refractivity contribution in [1.82, 2.24) is 4.90 Å². The molecule has 2 aromatic carbocycles. The molecule has 0 aliphatic carbocycles. The van der Waals surface area contributed by atoms with E-state index in [0.29, 0.717) is 36.7 Å². The van der Waals surface area contributed by atoms with Crippen molar-refractivity contribution in [2.24, 2.45) is 5.92 Å². The Morgan fingerprint density at radius 3 is 2.52 bits per heavy atom. The molecule has 27 heavy (non-hydrogen) atoms. The molecule has 2 amide bonds. The fraction of sp³-hybridized carbons (Fsp3) is 0.333. The van der Waals surface area contributed by atoms with Crippen LogP contribution in [0.4, 0.5) is 5.69 Å². The molecule has 0 radical (unpaired) electrons. The number of anilines is 1. The van der Waals surface area contributed by atoms with E-state index in [-0.39, 0.29) is 24.3 Å². The first kappa shape index (κ1) is 19.2. The molecule has 1 heterocycles. The molecule has 0 aromatic heterocycles. The Kier molecular flexibility index (Phi) is 6.35. The molecule has 142 valence electrons. The number of halogens is 1. The van der Waals surface area contributed by atoms with E-state index in [1.807, 2.05) is 49.4 Å². The van der Waals surface area contributed by atoms with Crippen molar-refractivity contribution in [2.75, 3.05) is 25.0 Å². The monoisotopic (exact) mass is 386 g/mol. The average Bonchev–Trinajstić information content (AvgIpc) is 2.69. The van der Waals surface area contributed by atoms with Crippen LogP contribution in [0.5, 0.6) is 5.75 Å². The number of carbonyl (C=O) groups excluding carboxylic acids is 2. The van der Waals surface area contributed by atoms with Crippen LogP contribution in [-0.4, -0.2) is 36.4 Å². The second-order valence-electron chi connectivity index (χ2n) is 6.71. The molecule has 1 fully saturated rings. The minimum Gasteiger partial charge on any atom is -0.484 e. The van der Waals surface area contributed by atoms with Gasteiger partial charge in [0.2, 0.25) is 5.91 Å². The molecule has 2 aromatic rings. The van der Waals surface area contributed by atoms with Crippen LogP contribution in [-0.2, 0) is 9.59 Å². The summed E-state index contributed by atoms with van der Waals surface area (Å²) >= 11 is 5.95. The highest BCUT2D eigenvalue weighted by Crippen LogP contribution is 2.23. The molecule has 5 nitrogen and oxygen atoms in total. The van der Waals surface area contributed by atoms with Crippen LogP contribution in [0, 0.1) is 12.8 Å². The lowest BCUT2D eigenvalue weighted by Gasteiger charge is -2.31. The van der Waals surface area contributed by atoms with Crippen LogP contribution in [0.2, 0.25) is 5.02 Å². The number of nitrogens with zero attached hydrogens (tertiary/aromatic N) is 1. The van der Waals surface area contributed by atoms with Gasteiger partial charge < -0.3 is 15.0 Å². The zero-order valence-corrected chi connectivity index (χ0v) is 16.0. The van der Waals surface area contributed by atoms with Crippen molar-refractivity contribution >= 4 is 29.1 Å². The van der Waals surface area contributed by atoms with Crippen molar-refractivity contribution in [3.63, 3.8) is 0 Å². The van der Waals surface area contributed by atoms with Crippen molar-refractivity contribution in [2.45, 2.75) is 19.8 Å². The van der Waals surface area contributed by atoms with E-state index >= 15 is 0 Å². The summed E-state index contributed by atoms with van der Waals surface area (Å²) < 4.78 is 5.52. The van der Waals surface area contributed by atoms with Crippen LogP contribution in [0.25, 0.3) is 0 Å². The van der Waals surface area contributed by atoms with E-state index < -0.39 is 0 Å². The zero-order chi connectivity index (χ0) is 19.2. The maximum atomic E-state index is 12.5. The van der Waals surface area contributed by atoms with Gasteiger partial charge in [0, 0.05) is 29.7 Å². The fourth-order valence-corrected chi connectivity index (χ4v) is 3.37. The average molecular weight is 387 g/mol. The van der Waals surface area contributed by atoms with Gasteiger partial charge in [-0.05, 0) is 55.7 Å². The third kappa shape index (κ3) is 5.23. The lowest BCUT2D eigenvalue weighted by Crippen LogP contribution is -2.43. The molecule has 1 N–H and O–H groups in total. The highest BCUT2D eigenvalue weighted by atomic mass is 35.5. The molecule has 1 aliphatic heterocycles. The van der Waals surface area contributed by atoms with Gasteiger partial charge in [-0.2, -0.15) is 0 Å². The third-order valence-electron chi connectivity index (χ3n) is 4.77. The largest absolute Gasteiger partial charge is 0.484 e. The lowest BCUT2D eigenvalue weighted by molar-refractivity contribution is -0.136. The van der Waals surface area contributed by atoms with Gasteiger partial charge in [0.15, 0.2) is 6.61 Å². The molecule has 1 saturated heterocycles. The quantitative estimate of drug-likeness (QED) is 0.847. The van der Waals surface area contributed by atoms with E-state index in [0.717, 1.165) is 11.3 Å². The third-order valence-corrected chi connectivity index (χ3v) is 5.01. The van der Waals surface area contributed by atoms with E-state index in [1.165, 1.54) is 0 Å². The van der Waals surface area contributed by atoms with Crippen LogP contribution in [0.3, 0.4) is 0 Å². The number of piperidine rings is 1. The standard InChI is InChI=1S/C21H23ClN2O3/c1-15-13-17(22)7-8-19(15)23-21(26)16-9-11-24(12-10-16)20(25)14-27-18-5-3-2-4-6-18/h2-8,13,16H,9-12,14H2,1H3,(H,23,26). The second kappa shape index (κ2) is 8.91. The van der Waals surface area contributed by atoms with Gasteiger partial charge in [-0.1, -0.05) is 29.8 Å². The van der Waals surface area contributed by atoms with Crippen molar-refractivity contribution < 1.29 is 14.3 Å². The number of ether oxygens (including phenoxy) is 1. The summed E-state index contributed by atoms with van der Waals surface area (Å²) in [5.74, 6) is 0.525. The van der Waals surface area contributed by atoms with Gasteiger partial charge in [0.1, 0.15) is 5.75 Å². The van der Waals surface area contributed by atoms with E-state index in [2.05, 4.69) is 5.32 Å². The first-order chi connectivity index (χ1) is 13.0. The maximum Gasteiger partial charge on any atom is 0.260 e.